The number of carboxylic acid groups (broad SMARTS) is 3. The SMILES string of the molecule is CCCCCCCCC(=O)O.Cc1ccc(C(=O)O)cc1C(=O)O. The van der Waals surface area contributed by atoms with E-state index in [2.05, 4.69) is 6.92 Å². The van der Waals surface area contributed by atoms with Crippen LogP contribution in [0.2, 0.25) is 0 Å². The molecule has 0 saturated heterocycles. The number of carboxylic acids is 3. The van der Waals surface area contributed by atoms with Gasteiger partial charge in [-0.05, 0) is 31.0 Å². The molecule has 1 rings (SSSR count). The Kier molecular flexibility index (Phi) is 10.9. The predicted molar refractivity (Wildman–Crippen MR) is 90.7 cm³/mol. The van der Waals surface area contributed by atoms with Crippen LogP contribution in [-0.4, -0.2) is 33.2 Å². The Morgan fingerprint density at radius 1 is 0.875 bits per heavy atom. The molecule has 0 fully saturated rings. The Labute approximate surface area is 142 Å². The van der Waals surface area contributed by atoms with Crippen LogP contribution in [-0.2, 0) is 4.79 Å². The van der Waals surface area contributed by atoms with E-state index in [4.69, 9.17) is 15.3 Å². The molecule has 0 amide bonds. The summed E-state index contributed by atoms with van der Waals surface area (Å²) in [6.45, 7) is 3.80. The van der Waals surface area contributed by atoms with Crippen LogP contribution in [0.25, 0.3) is 0 Å². The van der Waals surface area contributed by atoms with E-state index in [9.17, 15) is 14.4 Å². The van der Waals surface area contributed by atoms with Crippen molar-refractivity contribution in [2.45, 2.75) is 58.8 Å². The lowest BCUT2D eigenvalue weighted by atomic mass is 10.1. The standard InChI is InChI=1S/C9H8O4.C9H18O2/c1-5-2-3-6(8(10)11)4-7(5)9(12)13;1-2-3-4-5-6-7-8-9(10)11/h2-4H,1H3,(H,10,11)(H,12,13);2-8H2,1H3,(H,10,11). The van der Waals surface area contributed by atoms with Gasteiger partial charge < -0.3 is 15.3 Å². The average molecular weight is 338 g/mol. The van der Waals surface area contributed by atoms with Gasteiger partial charge in [0.25, 0.3) is 0 Å². The molecule has 0 aliphatic rings. The van der Waals surface area contributed by atoms with Gasteiger partial charge in [0.15, 0.2) is 0 Å². The van der Waals surface area contributed by atoms with E-state index in [1.54, 1.807) is 6.92 Å². The number of benzene rings is 1. The molecule has 1 aromatic rings. The molecule has 0 heterocycles. The molecule has 24 heavy (non-hydrogen) atoms. The van der Waals surface area contributed by atoms with Crippen molar-refractivity contribution in [3.05, 3.63) is 34.9 Å². The second kappa shape index (κ2) is 12.1. The number of aliphatic carboxylic acids is 1. The van der Waals surface area contributed by atoms with Gasteiger partial charge in [0.1, 0.15) is 0 Å². The molecule has 0 aromatic heterocycles. The quantitative estimate of drug-likeness (QED) is 0.581. The Morgan fingerprint density at radius 3 is 1.96 bits per heavy atom. The van der Waals surface area contributed by atoms with Gasteiger partial charge in [0.05, 0.1) is 11.1 Å². The van der Waals surface area contributed by atoms with Gasteiger partial charge in [-0.3, -0.25) is 4.79 Å². The molecule has 0 radical (unpaired) electrons. The minimum absolute atomic E-state index is 0.0111. The second-order valence-electron chi connectivity index (χ2n) is 5.55. The maximum Gasteiger partial charge on any atom is 0.335 e. The summed E-state index contributed by atoms with van der Waals surface area (Å²) in [5, 5.41) is 25.6. The Bertz CT molecular complexity index is 550. The molecule has 0 aliphatic heterocycles. The van der Waals surface area contributed by atoms with Crippen molar-refractivity contribution < 1.29 is 29.7 Å². The maximum atomic E-state index is 10.6. The van der Waals surface area contributed by atoms with Crippen LogP contribution in [0.4, 0.5) is 0 Å². The predicted octanol–water partition coefficient (Wildman–Crippen LogP) is 4.21. The van der Waals surface area contributed by atoms with E-state index in [-0.39, 0.29) is 11.1 Å². The maximum absolute atomic E-state index is 10.6. The normalized spacial score (nSPS) is 9.75. The fourth-order valence-electron chi connectivity index (χ4n) is 2.04. The number of carbonyl (C=O) groups is 3. The number of unbranched alkanes of at least 4 members (excludes halogenated alkanes) is 5. The molecule has 6 nitrogen and oxygen atoms in total. The summed E-state index contributed by atoms with van der Waals surface area (Å²) in [4.78, 5) is 31.2. The molecule has 0 atom stereocenters. The molecule has 0 bridgehead atoms. The molecule has 134 valence electrons. The minimum atomic E-state index is -1.12. The van der Waals surface area contributed by atoms with E-state index >= 15 is 0 Å². The number of rotatable bonds is 9. The first-order valence-electron chi connectivity index (χ1n) is 8.08. The fraction of sp³-hybridized carbons (Fsp3) is 0.500. The Balaban J connectivity index is 0.000000449. The summed E-state index contributed by atoms with van der Waals surface area (Å²) in [5.74, 6) is -2.90. The summed E-state index contributed by atoms with van der Waals surface area (Å²) < 4.78 is 0. The molecular formula is C18H26O6. The third kappa shape index (κ3) is 9.61. The highest BCUT2D eigenvalue weighted by Crippen LogP contribution is 2.11. The van der Waals surface area contributed by atoms with Crippen molar-refractivity contribution in [3.63, 3.8) is 0 Å². The lowest BCUT2D eigenvalue weighted by molar-refractivity contribution is -0.137. The van der Waals surface area contributed by atoms with Gasteiger partial charge in [-0.25, -0.2) is 9.59 Å². The van der Waals surface area contributed by atoms with Crippen LogP contribution in [0, 0.1) is 6.92 Å². The lowest BCUT2D eigenvalue weighted by Crippen LogP contribution is -2.03. The summed E-state index contributed by atoms with van der Waals surface area (Å²) in [7, 11) is 0. The number of hydrogen-bond donors (Lipinski definition) is 3. The topological polar surface area (TPSA) is 112 Å². The smallest absolute Gasteiger partial charge is 0.335 e. The third-order valence-corrected chi connectivity index (χ3v) is 3.46. The largest absolute Gasteiger partial charge is 0.481 e. The zero-order valence-electron chi connectivity index (χ0n) is 14.2. The van der Waals surface area contributed by atoms with Crippen LogP contribution in [0.5, 0.6) is 0 Å². The van der Waals surface area contributed by atoms with Crippen molar-refractivity contribution in [2.24, 2.45) is 0 Å². The first-order valence-corrected chi connectivity index (χ1v) is 8.08. The van der Waals surface area contributed by atoms with Gasteiger partial charge in [-0.15, -0.1) is 0 Å². The molecule has 6 heteroatoms. The number of aryl methyl sites for hydroxylation is 1. The number of aromatic carboxylic acids is 2. The average Bonchev–Trinajstić information content (AvgIpc) is 2.51. The number of hydrogen-bond acceptors (Lipinski definition) is 3. The molecular weight excluding hydrogens is 312 g/mol. The van der Waals surface area contributed by atoms with Crippen LogP contribution >= 0.6 is 0 Å². The van der Waals surface area contributed by atoms with Crippen molar-refractivity contribution in [3.8, 4) is 0 Å². The van der Waals surface area contributed by atoms with Crippen LogP contribution < -0.4 is 0 Å². The zero-order chi connectivity index (χ0) is 18.5. The summed E-state index contributed by atoms with van der Waals surface area (Å²) in [6, 6.07) is 4.01. The van der Waals surface area contributed by atoms with Crippen LogP contribution in [0.1, 0.15) is 78.1 Å². The minimum Gasteiger partial charge on any atom is -0.481 e. The van der Waals surface area contributed by atoms with E-state index in [0.717, 1.165) is 18.9 Å². The Hall–Kier alpha value is -2.37. The first-order chi connectivity index (χ1) is 11.3. The van der Waals surface area contributed by atoms with E-state index < -0.39 is 17.9 Å². The van der Waals surface area contributed by atoms with Gasteiger partial charge in [0, 0.05) is 6.42 Å². The van der Waals surface area contributed by atoms with Crippen LogP contribution in [0.15, 0.2) is 18.2 Å². The Morgan fingerprint density at radius 2 is 1.46 bits per heavy atom. The molecule has 0 aliphatic carbocycles. The molecule has 1 aromatic carbocycles. The third-order valence-electron chi connectivity index (χ3n) is 3.46. The van der Waals surface area contributed by atoms with E-state index in [0.29, 0.717) is 12.0 Å². The molecule has 0 spiro atoms. The summed E-state index contributed by atoms with van der Waals surface area (Å²) in [6.07, 6.45) is 7.25. The second-order valence-corrected chi connectivity index (χ2v) is 5.55. The summed E-state index contributed by atoms with van der Waals surface area (Å²) >= 11 is 0. The van der Waals surface area contributed by atoms with Crippen LogP contribution in [0.3, 0.4) is 0 Å². The molecule has 0 saturated carbocycles. The fourth-order valence-corrected chi connectivity index (χ4v) is 2.04. The van der Waals surface area contributed by atoms with Crippen molar-refractivity contribution in [1.29, 1.82) is 0 Å². The van der Waals surface area contributed by atoms with Crippen molar-refractivity contribution in [2.75, 3.05) is 0 Å². The van der Waals surface area contributed by atoms with Gasteiger partial charge >= 0.3 is 17.9 Å². The highest BCUT2D eigenvalue weighted by molar-refractivity contribution is 5.94. The van der Waals surface area contributed by atoms with Gasteiger partial charge in [-0.1, -0.05) is 45.1 Å². The van der Waals surface area contributed by atoms with Crippen molar-refractivity contribution >= 4 is 17.9 Å². The first kappa shape index (κ1) is 21.6. The highest BCUT2D eigenvalue weighted by Gasteiger charge is 2.10. The molecule has 3 N–H and O–H groups in total. The van der Waals surface area contributed by atoms with Gasteiger partial charge in [0.2, 0.25) is 0 Å². The van der Waals surface area contributed by atoms with Gasteiger partial charge in [-0.2, -0.15) is 0 Å². The summed E-state index contributed by atoms with van der Waals surface area (Å²) in [5.41, 5.74) is 0.570. The zero-order valence-corrected chi connectivity index (χ0v) is 14.2. The lowest BCUT2D eigenvalue weighted by Gasteiger charge is -2.01. The highest BCUT2D eigenvalue weighted by atomic mass is 16.4. The van der Waals surface area contributed by atoms with E-state index in [1.807, 2.05) is 0 Å². The monoisotopic (exact) mass is 338 g/mol. The van der Waals surface area contributed by atoms with E-state index in [1.165, 1.54) is 37.8 Å². The van der Waals surface area contributed by atoms with Crippen molar-refractivity contribution in [1.82, 2.24) is 0 Å². The molecule has 0 unspecified atom stereocenters.